The van der Waals surface area contributed by atoms with Gasteiger partial charge in [-0.25, -0.2) is 4.98 Å². The maximum absolute atomic E-state index is 12.1. The van der Waals surface area contributed by atoms with E-state index in [0.717, 1.165) is 16.5 Å². The van der Waals surface area contributed by atoms with Gasteiger partial charge in [-0.2, -0.15) is 18.3 Å². The third-order valence-corrected chi connectivity index (χ3v) is 4.71. The lowest BCUT2D eigenvalue weighted by Gasteiger charge is -2.11. The monoisotopic (exact) mass is 481 g/mol. The van der Waals surface area contributed by atoms with Gasteiger partial charge < -0.3 is 19.9 Å². The number of hydrogen-bond donors (Lipinski definition) is 2. The Kier molecular flexibility index (Phi) is 8.77. The molecule has 0 atom stereocenters. The Morgan fingerprint density at radius 2 is 2.09 bits per heavy atom. The first kappa shape index (κ1) is 25.4. The van der Waals surface area contributed by atoms with Crippen molar-refractivity contribution in [1.29, 1.82) is 0 Å². The number of carbonyl (C=O) groups excluding carboxylic acids is 1. The van der Waals surface area contributed by atoms with Crippen LogP contribution in [0.4, 0.5) is 13.2 Å². The highest BCUT2D eigenvalue weighted by atomic mass is 19.4. The molecule has 0 radical (unpaired) electrons. The first-order valence-electron chi connectivity index (χ1n) is 10.7. The fraction of sp³-hybridized carbons (Fsp3) is 0.455. The quantitative estimate of drug-likeness (QED) is 0.382. The number of pyridine rings is 2. The zero-order valence-electron chi connectivity index (χ0n) is 18.6. The van der Waals surface area contributed by atoms with Gasteiger partial charge in [0.05, 0.1) is 30.8 Å². The van der Waals surface area contributed by atoms with E-state index in [9.17, 15) is 18.0 Å². The van der Waals surface area contributed by atoms with Crippen molar-refractivity contribution in [3.8, 4) is 5.88 Å². The van der Waals surface area contributed by atoms with E-state index in [4.69, 9.17) is 9.84 Å². The maximum atomic E-state index is 12.1. The molecule has 0 saturated heterocycles. The van der Waals surface area contributed by atoms with Gasteiger partial charge in [0, 0.05) is 42.7 Å². The number of aliphatic hydroxyl groups is 1. The predicted molar refractivity (Wildman–Crippen MR) is 116 cm³/mol. The van der Waals surface area contributed by atoms with Crippen LogP contribution in [0.1, 0.15) is 23.2 Å². The van der Waals surface area contributed by atoms with Gasteiger partial charge in [-0.1, -0.05) is 0 Å². The number of hydrogen-bond acceptors (Lipinski definition) is 7. The van der Waals surface area contributed by atoms with Crippen molar-refractivity contribution in [1.82, 2.24) is 25.1 Å². The lowest BCUT2D eigenvalue weighted by molar-refractivity contribution is -0.175. The largest absolute Gasteiger partial charge is 0.475 e. The maximum Gasteiger partial charge on any atom is 0.411 e. The highest BCUT2D eigenvalue weighted by Gasteiger charge is 2.27. The molecule has 3 heterocycles. The van der Waals surface area contributed by atoms with Crippen LogP contribution in [0.25, 0.3) is 10.9 Å². The van der Waals surface area contributed by atoms with Crippen LogP contribution in [-0.4, -0.2) is 69.9 Å². The molecule has 2 N–H and O–H groups in total. The first-order valence-corrected chi connectivity index (χ1v) is 10.7. The molecule has 3 aromatic heterocycles. The van der Waals surface area contributed by atoms with E-state index in [2.05, 4.69) is 25.1 Å². The van der Waals surface area contributed by atoms with E-state index < -0.39 is 12.8 Å². The van der Waals surface area contributed by atoms with E-state index in [1.54, 1.807) is 30.1 Å². The van der Waals surface area contributed by atoms with Gasteiger partial charge in [-0.3, -0.25) is 14.5 Å². The molecule has 184 valence electrons. The van der Waals surface area contributed by atoms with Gasteiger partial charge in [0.25, 0.3) is 0 Å². The average molecular weight is 481 g/mol. The summed E-state index contributed by atoms with van der Waals surface area (Å²) in [5, 5.41) is 16.9. The molecule has 0 saturated carbocycles. The summed E-state index contributed by atoms with van der Waals surface area (Å²) in [5.41, 5.74) is 2.89. The third kappa shape index (κ3) is 7.66. The van der Waals surface area contributed by atoms with E-state index in [1.807, 2.05) is 12.3 Å². The zero-order valence-corrected chi connectivity index (χ0v) is 18.6. The normalized spacial score (nSPS) is 11.7. The minimum Gasteiger partial charge on any atom is -0.475 e. The van der Waals surface area contributed by atoms with Crippen molar-refractivity contribution >= 4 is 16.8 Å². The van der Waals surface area contributed by atoms with E-state index in [0.29, 0.717) is 36.6 Å². The lowest BCUT2D eigenvalue weighted by Crippen LogP contribution is -2.26. The predicted octanol–water partition coefficient (Wildman–Crippen LogP) is 2.18. The molecule has 0 spiro atoms. The Balaban J connectivity index is 1.59. The smallest absolute Gasteiger partial charge is 0.411 e. The van der Waals surface area contributed by atoms with Crippen LogP contribution < -0.4 is 10.1 Å². The van der Waals surface area contributed by atoms with Gasteiger partial charge in [0.2, 0.25) is 11.8 Å². The number of aromatic nitrogens is 4. The number of carbonyl (C=O) groups is 1. The van der Waals surface area contributed by atoms with Crippen LogP contribution in [0.2, 0.25) is 0 Å². The fourth-order valence-electron chi connectivity index (χ4n) is 3.22. The summed E-state index contributed by atoms with van der Waals surface area (Å²) >= 11 is 0. The number of nitrogens with zero attached hydrogens (tertiary/aromatic N) is 4. The number of rotatable bonds is 12. The molecule has 3 aromatic rings. The molecule has 1 amide bonds. The molecule has 0 aliphatic heterocycles. The fourth-order valence-corrected chi connectivity index (χ4v) is 3.22. The van der Waals surface area contributed by atoms with Crippen LogP contribution in [-0.2, 0) is 22.5 Å². The Labute approximate surface area is 193 Å². The number of aliphatic hydroxyl groups excluding tert-OH is 1. The van der Waals surface area contributed by atoms with E-state index in [1.165, 1.54) is 0 Å². The van der Waals surface area contributed by atoms with Gasteiger partial charge in [0.15, 0.2) is 0 Å². The van der Waals surface area contributed by atoms with Crippen molar-refractivity contribution in [2.45, 2.75) is 32.5 Å². The zero-order chi connectivity index (χ0) is 24.6. The summed E-state index contributed by atoms with van der Waals surface area (Å²) < 4.78 is 47.9. The van der Waals surface area contributed by atoms with Crippen LogP contribution in [0.3, 0.4) is 0 Å². The van der Waals surface area contributed by atoms with Crippen LogP contribution in [0, 0.1) is 6.92 Å². The number of nitrogens with one attached hydrogen (secondary N) is 1. The molecule has 34 heavy (non-hydrogen) atoms. The van der Waals surface area contributed by atoms with Crippen molar-refractivity contribution in [3.05, 3.63) is 47.5 Å². The van der Waals surface area contributed by atoms with Gasteiger partial charge in [-0.15, -0.1) is 0 Å². The first-order chi connectivity index (χ1) is 16.2. The molecule has 12 heteroatoms. The van der Waals surface area contributed by atoms with Crippen molar-refractivity contribution < 1.29 is 32.5 Å². The molecule has 0 aliphatic rings. The van der Waals surface area contributed by atoms with Crippen molar-refractivity contribution in [2.75, 3.05) is 33.0 Å². The Hall–Kier alpha value is -3.25. The Bertz CT molecular complexity index is 1100. The molecule has 0 fully saturated rings. The molecular weight excluding hydrogens is 455 g/mol. The topological polar surface area (TPSA) is 111 Å². The van der Waals surface area contributed by atoms with Gasteiger partial charge in [-0.05, 0) is 31.0 Å². The molecule has 0 unspecified atom stereocenters. The molecule has 0 aliphatic carbocycles. The number of aryl methyl sites for hydroxylation is 1. The third-order valence-electron chi connectivity index (χ3n) is 4.71. The van der Waals surface area contributed by atoms with Crippen LogP contribution in [0.5, 0.6) is 5.88 Å². The van der Waals surface area contributed by atoms with Crippen molar-refractivity contribution in [3.63, 3.8) is 0 Å². The summed E-state index contributed by atoms with van der Waals surface area (Å²) in [6, 6.07) is 3.62. The SMILES string of the molecule is Cc1cc(Cn2cc3c(CC(=O)NCCCO)nccc3n2)cnc1OCCOCC(F)(F)F. The second-order valence-corrected chi connectivity index (χ2v) is 7.60. The van der Waals surface area contributed by atoms with E-state index >= 15 is 0 Å². The summed E-state index contributed by atoms with van der Waals surface area (Å²) in [4.78, 5) is 20.7. The number of alkyl halides is 3. The standard InChI is InChI=1S/C22H26F3N5O4/c1-15-9-16(11-28-21(15)34-8-7-33-14-22(23,24)25)12-30-13-17-18(29-30)3-5-26-19(17)10-20(32)27-4-2-6-31/h3,5,9,11,13,31H,2,4,6-8,10,12,14H2,1H3,(H,27,32). The highest BCUT2D eigenvalue weighted by molar-refractivity contribution is 5.86. The Morgan fingerprint density at radius 1 is 1.26 bits per heavy atom. The summed E-state index contributed by atoms with van der Waals surface area (Å²) in [7, 11) is 0. The second kappa shape index (κ2) is 11.7. The summed E-state index contributed by atoms with van der Waals surface area (Å²) in [5.74, 6) is 0.143. The van der Waals surface area contributed by atoms with E-state index in [-0.39, 0.29) is 32.1 Å². The highest BCUT2D eigenvalue weighted by Crippen LogP contribution is 2.19. The average Bonchev–Trinajstić information content (AvgIpc) is 3.18. The number of halogens is 3. The Morgan fingerprint density at radius 3 is 2.82 bits per heavy atom. The van der Waals surface area contributed by atoms with Crippen LogP contribution in [0.15, 0.2) is 30.7 Å². The molecule has 0 aromatic carbocycles. The number of fused-ring (bicyclic) bond motifs is 1. The lowest BCUT2D eigenvalue weighted by atomic mass is 10.2. The summed E-state index contributed by atoms with van der Waals surface area (Å²) in [6.45, 7) is 1.07. The molecular formula is C22H26F3N5O4. The minimum absolute atomic E-state index is 0.0126. The molecule has 3 rings (SSSR count). The summed E-state index contributed by atoms with van der Waals surface area (Å²) in [6.07, 6.45) is 1.26. The van der Waals surface area contributed by atoms with Gasteiger partial charge in [0.1, 0.15) is 13.2 Å². The second-order valence-electron chi connectivity index (χ2n) is 7.60. The molecule has 9 nitrogen and oxygen atoms in total. The number of amides is 1. The minimum atomic E-state index is -4.36. The van der Waals surface area contributed by atoms with Gasteiger partial charge >= 0.3 is 6.18 Å². The van der Waals surface area contributed by atoms with Crippen molar-refractivity contribution in [2.24, 2.45) is 0 Å². The van der Waals surface area contributed by atoms with Crippen LogP contribution >= 0.6 is 0 Å². The number of ether oxygens (including phenoxy) is 2. The molecule has 0 bridgehead atoms.